The first-order valence-electron chi connectivity index (χ1n) is 2.52. The Labute approximate surface area is 47.6 Å². The Bertz CT molecular complexity index is 46.4. The van der Waals surface area contributed by atoms with Gasteiger partial charge in [-0.15, -0.1) is 0 Å². The molecule has 3 heteroatoms. The van der Waals surface area contributed by atoms with Crippen LogP contribution in [0.2, 0.25) is 0 Å². The predicted molar refractivity (Wildman–Crippen MR) is 26.8 cm³/mol. The quantitative estimate of drug-likeness (QED) is 0.558. The van der Waals surface area contributed by atoms with Crippen LogP contribution in [0.25, 0.3) is 0 Å². The smallest absolute Gasteiger partial charge is 0.323 e. The third kappa shape index (κ3) is 5.82. The predicted octanol–water partition coefficient (Wildman–Crippen LogP) is 1.88. The van der Waals surface area contributed by atoms with Crippen LogP contribution >= 0.6 is 0 Å². The molecule has 1 nitrogen and oxygen atoms in total. The lowest BCUT2D eigenvalue weighted by atomic mass is 10.2. The van der Waals surface area contributed by atoms with Crippen LogP contribution in [-0.4, -0.2) is 13.2 Å². The van der Waals surface area contributed by atoms with Crippen molar-refractivity contribution in [2.45, 2.75) is 20.5 Å². The first-order chi connectivity index (χ1) is 3.63. The van der Waals surface area contributed by atoms with Crippen molar-refractivity contribution in [2.24, 2.45) is 5.92 Å². The van der Waals surface area contributed by atoms with E-state index in [2.05, 4.69) is 4.74 Å². The Morgan fingerprint density at radius 2 is 1.88 bits per heavy atom. The molecule has 0 rings (SSSR count). The lowest BCUT2D eigenvalue weighted by Crippen LogP contribution is -2.05. The molecule has 0 aliphatic carbocycles. The van der Waals surface area contributed by atoms with Crippen LogP contribution in [-0.2, 0) is 4.74 Å². The molecule has 0 saturated carbocycles. The van der Waals surface area contributed by atoms with Gasteiger partial charge in [-0.2, -0.15) is 8.78 Å². The van der Waals surface area contributed by atoms with Gasteiger partial charge in [-0.25, -0.2) is 0 Å². The Balaban J connectivity index is 2.93. The van der Waals surface area contributed by atoms with Crippen LogP contribution in [0.15, 0.2) is 0 Å². The maximum atomic E-state index is 11.2. The number of rotatable bonds is 3. The lowest BCUT2D eigenvalue weighted by Gasteiger charge is -2.03. The van der Waals surface area contributed by atoms with E-state index in [1.807, 2.05) is 13.8 Å². The number of ether oxygens (including phenoxy) is 1. The van der Waals surface area contributed by atoms with Crippen LogP contribution in [0, 0.1) is 5.92 Å². The van der Waals surface area contributed by atoms with E-state index >= 15 is 0 Å². The molecule has 0 amide bonds. The van der Waals surface area contributed by atoms with E-state index in [-0.39, 0.29) is 12.5 Å². The molecule has 0 aromatic carbocycles. The zero-order valence-corrected chi connectivity index (χ0v) is 5.03. The third-order valence-electron chi connectivity index (χ3n) is 0.556. The molecule has 0 aromatic heterocycles. The molecule has 0 heterocycles. The van der Waals surface area contributed by atoms with Gasteiger partial charge in [0.2, 0.25) is 0 Å². The molecule has 0 unspecified atom stereocenters. The number of hydrogen-bond acceptors (Lipinski definition) is 1. The Kier molecular flexibility index (Phi) is 3.69. The molecular weight excluding hydrogens is 114 g/mol. The largest absolute Gasteiger partial charge is 0.345 e. The summed E-state index contributed by atoms with van der Waals surface area (Å²) in [7, 11) is 0. The summed E-state index contributed by atoms with van der Waals surface area (Å²) in [5, 5.41) is 0. The van der Waals surface area contributed by atoms with Crippen LogP contribution < -0.4 is 0 Å². The van der Waals surface area contributed by atoms with Crippen molar-refractivity contribution in [1.82, 2.24) is 0 Å². The van der Waals surface area contributed by atoms with Crippen molar-refractivity contribution < 1.29 is 13.5 Å². The van der Waals surface area contributed by atoms with E-state index in [9.17, 15) is 8.78 Å². The molecule has 0 radical (unpaired) electrons. The van der Waals surface area contributed by atoms with E-state index in [0.29, 0.717) is 0 Å². The van der Waals surface area contributed by atoms with Crippen molar-refractivity contribution in [3.05, 3.63) is 0 Å². The summed E-state index contributed by atoms with van der Waals surface area (Å²) in [4.78, 5) is 0. The van der Waals surface area contributed by atoms with Crippen molar-refractivity contribution in [3.63, 3.8) is 0 Å². The van der Waals surface area contributed by atoms with Crippen LogP contribution in [0.5, 0.6) is 0 Å². The molecule has 0 atom stereocenters. The molecule has 0 aromatic rings. The highest BCUT2D eigenvalue weighted by Crippen LogP contribution is 1.98. The Morgan fingerprint density at radius 1 is 1.38 bits per heavy atom. The maximum absolute atomic E-state index is 11.2. The van der Waals surface area contributed by atoms with Crippen LogP contribution in [0.3, 0.4) is 0 Å². The molecule has 0 aliphatic heterocycles. The lowest BCUT2D eigenvalue weighted by molar-refractivity contribution is -0.135. The van der Waals surface area contributed by atoms with E-state index in [4.69, 9.17) is 0 Å². The molecule has 0 aliphatic rings. The van der Waals surface area contributed by atoms with Gasteiger partial charge in [-0.05, 0) is 5.92 Å². The molecule has 0 bridgehead atoms. The van der Waals surface area contributed by atoms with Gasteiger partial charge in [0.05, 0.1) is 6.61 Å². The summed E-state index contributed by atoms with van der Waals surface area (Å²) in [5.41, 5.74) is 0. The standard InChI is InChI=1S/C5H10F2O/c1-4(2)3-8-5(6)7/h4-5H,3H2,1-2H3. The second kappa shape index (κ2) is 3.78. The Hall–Kier alpha value is -0.180. The van der Waals surface area contributed by atoms with Crippen molar-refractivity contribution >= 4 is 0 Å². The molecule has 0 fully saturated rings. The molecule has 50 valence electrons. The van der Waals surface area contributed by atoms with E-state index in [1.54, 1.807) is 0 Å². The molecule has 0 spiro atoms. The first kappa shape index (κ1) is 7.82. The fraction of sp³-hybridized carbons (Fsp3) is 1.00. The minimum absolute atomic E-state index is 0.137. The fourth-order valence-electron chi connectivity index (χ4n) is 0.265. The number of hydrogen-bond donors (Lipinski definition) is 0. The summed E-state index contributed by atoms with van der Waals surface area (Å²) in [6.45, 7) is 1.17. The number of halogens is 2. The summed E-state index contributed by atoms with van der Waals surface area (Å²) >= 11 is 0. The topological polar surface area (TPSA) is 9.23 Å². The minimum Gasteiger partial charge on any atom is -0.323 e. The average molecular weight is 124 g/mol. The normalized spacial score (nSPS) is 11.2. The highest BCUT2D eigenvalue weighted by atomic mass is 19.3. The summed E-state index contributed by atoms with van der Waals surface area (Å²) in [5.74, 6) is 0.184. The second-order valence-corrected chi connectivity index (χ2v) is 1.99. The van der Waals surface area contributed by atoms with Crippen molar-refractivity contribution in [2.75, 3.05) is 6.61 Å². The minimum atomic E-state index is -2.61. The van der Waals surface area contributed by atoms with Gasteiger partial charge < -0.3 is 4.74 Å². The Morgan fingerprint density at radius 3 is 2.00 bits per heavy atom. The van der Waals surface area contributed by atoms with E-state index in [1.165, 1.54) is 0 Å². The molecule has 0 saturated heterocycles. The van der Waals surface area contributed by atoms with Crippen LogP contribution in [0.1, 0.15) is 13.8 Å². The zero-order chi connectivity index (χ0) is 6.57. The van der Waals surface area contributed by atoms with Gasteiger partial charge >= 0.3 is 6.61 Å². The number of alkyl halides is 2. The maximum Gasteiger partial charge on any atom is 0.345 e. The molecular formula is C5H10F2O. The second-order valence-electron chi connectivity index (χ2n) is 1.99. The monoisotopic (exact) mass is 124 g/mol. The summed E-state index contributed by atoms with van der Waals surface area (Å²) in [6, 6.07) is 0. The van der Waals surface area contributed by atoms with Gasteiger partial charge in [0.1, 0.15) is 0 Å². The van der Waals surface area contributed by atoms with Crippen molar-refractivity contribution in [3.8, 4) is 0 Å². The first-order valence-corrected chi connectivity index (χ1v) is 2.52. The zero-order valence-electron chi connectivity index (χ0n) is 5.03. The van der Waals surface area contributed by atoms with Gasteiger partial charge in [-0.1, -0.05) is 13.8 Å². The summed E-state index contributed by atoms with van der Waals surface area (Å²) < 4.78 is 26.3. The van der Waals surface area contributed by atoms with Gasteiger partial charge in [0.25, 0.3) is 0 Å². The van der Waals surface area contributed by atoms with Crippen LogP contribution in [0.4, 0.5) is 8.78 Å². The molecule has 0 N–H and O–H groups in total. The highest BCUT2D eigenvalue weighted by molar-refractivity contribution is 4.36. The third-order valence-corrected chi connectivity index (χ3v) is 0.556. The highest BCUT2D eigenvalue weighted by Gasteiger charge is 2.01. The van der Waals surface area contributed by atoms with Gasteiger partial charge in [0.15, 0.2) is 0 Å². The van der Waals surface area contributed by atoms with E-state index < -0.39 is 6.61 Å². The molecule has 8 heavy (non-hydrogen) atoms. The van der Waals surface area contributed by atoms with Crippen molar-refractivity contribution in [1.29, 1.82) is 0 Å². The average Bonchev–Trinajstić information content (AvgIpc) is 1.61. The SMILES string of the molecule is CC(C)COC(F)F. The van der Waals surface area contributed by atoms with Gasteiger partial charge in [-0.3, -0.25) is 0 Å². The van der Waals surface area contributed by atoms with Gasteiger partial charge in [0, 0.05) is 0 Å². The van der Waals surface area contributed by atoms with E-state index in [0.717, 1.165) is 0 Å². The summed E-state index contributed by atoms with van der Waals surface area (Å²) in [6.07, 6.45) is 0. The fourth-order valence-corrected chi connectivity index (χ4v) is 0.265.